The molecular formula is C16H22ClNO2S. The first-order valence-electron chi connectivity index (χ1n) is 7.24. The van der Waals surface area contributed by atoms with Crippen LogP contribution in [-0.2, 0) is 4.74 Å². The summed E-state index contributed by atoms with van der Waals surface area (Å²) in [6, 6.07) is 7.93. The van der Waals surface area contributed by atoms with Crippen LogP contribution < -0.4 is 0 Å². The van der Waals surface area contributed by atoms with Crippen LogP contribution in [-0.4, -0.2) is 34.9 Å². The Bertz CT molecular complexity index is 476. The second kappa shape index (κ2) is 6.93. The molecule has 5 heteroatoms. The van der Waals surface area contributed by atoms with Crippen LogP contribution in [0.3, 0.4) is 0 Å². The van der Waals surface area contributed by atoms with Gasteiger partial charge in [-0.05, 0) is 57.9 Å². The van der Waals surface area contributed by atoms with Gasteiger partial charge in [0.05, 0.1) is 0 Å². The zero-order valence-electron chi connectivity index (χ0n) is 12.8. The molecule has 0 aliphatic carbocycles. The monoisotopic (exact) mass is 327 g/mol. The fourth-order valence-corrected chi connectivity index (χ4v) is 3.44. The molecule has 0 aromatic heterocycles. The van der Waals surface area contributed by atoms with Crippen LogP contribution in [0.5, 0.6) is 0 Å². The number of carbonyl (C=O) groups excluding carboxylic acids is 1. The van der Waals surface area contributed by atoms with Crippen molar-refractivity contribution in [2.75, 3.05) is 13.1 Å². The minimum absolute atomic E-state index is 0.197. The standard InChI is InChI=1S/C16H22ClNO2S/c1-16(2,3)20-15(19)18-10-8-14(9-11-18)21-13-6-4-12(17)5-7-13/h4-7,14H,8-11H2,1-3H3. The molecule has 116 valence electrons. The van der Waals surface area contributed by atoms with Gasteiger partial charge in [0.15, 0.2) is 0 Å². The molecule has 1 heterocycles. The lowest BCUT2D eigenvalue weighted by molar-refractivity contribution is 0.0219. The summed E-state index contributed by atoms with van der Waals surface area (Å²) in [6.07, 6.45) is 1.79. The molecule has 0 N–H and O–H groups in total. The van der Waals surface area contributed by atoms with Crippen LogP contribution in [0.4, 0.5) is 4.79 Å². The topological polar surface area (TPSA) is 29.5 Å². The molecule has 1 aromatic rings. The molecule has 21 heavy (non-hydrogen) atoms. The fraction of sp³-hybridized carbons (Fsp3) is 0.562. The zero-order valence-corrected chi connectivity index (χ0v) is 14.3. The Morgan fingerprint density at radius 3 is 2.33 bits per heavy atom. The van der Waals surface area contributed by atoms with Crippen LogP contribution in [0.1, 0.15) is 33.6 Å². The highest BCUT2D eigenvalue weighted by atomic mass is 35.5. The molecule has 3 nitrogen and oxygen atoms in total. The van der Waals surface area contributed by atoms with E-state index in [1.807, 2.05) is 61.7 Å². The minimum Gasteiger partial charge on any atom is -0.444 e. The Kier molecular flexibility index (Phi) is 5.44. The van der Waals surface area contributed by atoms with Gasteiger partial charge in [0.1, 0.15) is 5.60 Å². The van der Waals surface area contributed by atoms with Gasteiger partial charge in [-0.15, -0.1) is 11.8 Å². The second-order valence-corrected chi connectivity index (χ2v) is 8.05. The molecule has 1 fully saturated rings. The largest absolute Gasteiger partial charge is 0.444 e. The van der Waals surface area contributed by atoms with Gasteiger partial charge in [-0.2, -0.15) is 0 Å². The molecule has 1 aliphatic heterocycles. The Hall–Kier alpha value is -0.870. The Labute approximate surface area is 136 Å². The normalized spacial score (nSPS) is 16.9. The third-order valence-corrected chi connectivity index (χ3v) is 4.81. The lowest BCUT2D eigenvalue weighted by Gasteiger charge is -2.33. The van der Waals surface area contributed by atoms with Gasteiger partial charge in [0.25, 0.3) is 0 Å². The van der Waals surface area contributed by atoms with E-state index in [2.05, 4.69) is 0 Å². The van der Waals surface area contributed by atoms with E-state index in [1.165, 1.54) is 4.90 Å². The maximum atomic E-state index is 12.0. The Balaban J connectivity index is 1.80. The number of halogens is 1. The smallest absolute Gasteiger partial charge is 0.410 e. The summed E-state index contributed by atoms with van der Waals surface area (Å²) in [7, 11) is 0. The first-order chi connectivity index (χ1) is 9.83. The summed E-state index contributed by atoms with van der Waals surface area (Å²) < 4.78 is 5.41. The fourth-order valence-electron chi connectivity index (χ4n) is 2.19. The summed E-state index contributed by atoms with van der Waals surface area (Å²) in [4.78, 5) is 15.0. The van der Waals surface area contributed by atoms with Crippen molar-refractivity contribution < 1.29 is 9.53 Å². The highest BCUT2D eigenvalue weighted by Gasteiger charge is 2.27. The summed E-state index contributed by atoms with van der Waals surface area (Å²) in [6.45, 7) is 7.22. The van der Waals surface area contributed by atoms with Crippen molar-refractivity contribution in [1.82, 2.24) is 4.90 Å². The van der Waals surface area contributed by atoms with Gasteiger partial charge in [0, 0.05) is 28.3 Å². The van der Waals surface area contributed by atoms with Gasteiger partial charge in [-0.25, -0.2) is 4.79 Å². The van der Waals surface area contributed by atoms with Crippen molar-refractivity contribution in [1.29, 1.82) is 0 Å². The highest BCUT2D eigenvalue weighted by molar-refractivity contribution is 8.00. The first kappa shape index (κ1) is 16.5. The number of hydrogen-bond donors (Lipinski definition) is 0. The third-order valence-electron chi connectivity index (χ3n) is 3.21. The lowest BCUT2D eigenvalue weighted by atomic mass is 10.1. The zero-order chi connectivity index (χ0) is 15.5. The van der Waals surface area contributed by atoms with E-state index in [9.17, 15) is 4.79 Å². The number of likely N-dealkylation sites (tertiary alicyclic amines) is 1. The van der Waals surface area contributed by atoms with Crippen molar-refractivity contribution in [2.45, 2.75) is 49.4 Å². The van der Waals surface area contributed by atoms with Crippen molar-refractivity contribution in [2.24, 2.45) is 0 Å². The molecule has 0 radical (unpaired) electrons. The summed E-state index contributed by atoms with van der Waals surface area (Å²) in [5, 5.41) is 1.31. The van der Waals surface area contributed by atoms with Gasteiger partial charge in [-0.3, -0.25) is 0 Å². The van der Waals surface area contributed by atoms with Crippen molar-refractivity contribution in [3.05, 3.63) is 29.3 Å². The molecule has 0 atom stereocenters. The molecule has 0 saturated carbocycles. The molecule has 0 spiro atoms. The summed E-state index contributed by atoms with van der Waals surface area (Å²) in [5.74, 6) is 0. The summed E-state index contributed by atoms with van der Waals surface area (Å²) >= 11 is 7.76. The molecule has 1 saturated heterocycles. The number of rotatable bonds is 2. The Morgan fingerprint density at radius 2 is 1.81 bits per heavy atom. The number of benzene rings is 1. The van der Waals surface area contributed by atoms with E-state index in [1.54, 1.807) is 0 Å². The van der Waals surface area contributed by atoms with Crippen molar-refractivity contribution >= 4 is 29.5 Å². The molecular weight excluding hydrogens is 306 g/mol. The van der Waals surface area contributed by atoms with E-state index in [-0.39, 0.29) is 6.09 Å². The van der Waals surface area contributed by atoms with E-state index >= 15 is 0 Å². The van der Waals surface area contributed by atoms with E-state index in [0.717, 1.165) is 31.0 Å². The van der Waals surface area contributed by atoms with Gasteiger partial charge < -0.3 is 9.64 Å². The van der Waals surface area contributed by atoms with Crippen LogP contribution in [0.15, 0.2) is 29.2 Å². The molecule has 1 aromatic carbocycles. The molecule has 0 bridgehead atoms. The molecule has 1 aliphatic rings. The third kappa shape index (κ3) is 5.44. The van der Waals surface area contributed by atoms with E-state index < -0.39 is 5.60 Å². The highest BCUT2D eigenvalue weighted by Crippen LogP contribution is 2.31. The molecule has 0 unspecified atom stereocenters. The van der Waals surface area contributed by atoms with Gasteiger partial charge in [-0.1, -0.05) is 11.6 Å². The number of amides is 1. The van der Waals surface area contributed by atoms with E-state index in [4.69, 9.17) is 16.3 Å². The van der Waals surface area contributed by atoms with Crippen LogP contribution >= 0.6 is 23.4 Å². The predicted molar refractivity (Wildman–Crippen MR) is 88.1 cm³/mol. The average molecular weight is 328 g/mol. The number of ether oxygens (including phenoxy) is 1. The number of nitrogens with zero attached hydrogens (tertiary/aromatic N) is 1. The van der Waals surface area contributed by atoms with E-state index in [0.29, 0.717) is 5.25 Å². The van der Waals surface area contributed by atoms with Crippen LogP contribution in [0.2, 0.25) is 5.02 Å². The van der Waals surface area contributed by atoms with Crippen molar-refractivity contribution in [3.8, 4) is 0 Å². The maximum absolute atomic E-state index is 12.0. The van der Waals surface area contributed by atoms with Crippen LogP contribution in [0, 0.1) is 0 Å². The first-order valence-corrected chi connectivity index (χ1v) is 8.49. The number of hydrogen-bond acceptors (Lipinski definition) is 3. The quantitative estimate of drug-likeness (QED) is 0.779. The molecule has 1 amide bonds. The number of carbonyl (C=O) groups is 1. The second-order valence-electron chi connectivity index (χ2n) is 6.24. The lowest BCUT2D eigenvalue weighted by Crippen LogP contribution is -2.42. The SMILES string of the molecule is CC(C)(C)OC(=O)N1CCC(Sc2ccc(Cl)cc2)CC1. The minimum atomic E-state index is -0.425. The van der Waals surface area contributed by atoms with Crippen LogP contribution in [0.25, 0.3) is 0 Å². The van der Waals surface area contributed by atoms with Gasteiger partial charge >= 0.3 is 6.09 Å². The maximum Gasteiger partial charge on any atom is 0.410 e. The van der Waals surface area contributed by atoms with Crippen molar-refractivity contribution in [3.63, 3.8) is 0 Å². The number of thioether (sulfide) groups is 1. The number of piperidine rings is 1. The predicted octanol–water partition coefficient (Wildman–Crippen LogP) is 4.83. The molecule has 2 rings (SSSR count). The van der Waals surface area contributed by atoms with Gasteiger partial charge in [0.2, 0.25) is 0 Å². The Morgan fingerprint density at radius 1 is 1.24 bits per heavy atom. The average Bonchev–Trinajstić information content (AvgIpc) is 2.40. The summed E-state index contributed by atoms with van der Waals surface area (Å²) in [5.41, 5.74) is -0.425.